The van der Waals surface area contributed by atoms with Crippen molar-refractivity contribution in [2.45, 2.75) is 6.54 Å². The lowest BCUT2D eigenvalue weighted by atomic mass is 10.1. The molecule has 0 saturated heterocycles. The van der Waals surface area contributed by atoms with Gasteiger partial charge in [0.1, 0.15) is 5.56 Å². The number of carbonyl (C=O) groups excluding carboxylic acids is 1. The first-order chi connectivity index (χ1) is 15.6. The highest BCUT2D eigenvalue weighted by Crippen LogP contribution is 2.24. The molecule has 2 aromatic carbocycles. The molecule has 0 bridgehead atoms. The molecule has 0 saturated carbocycles. The van der Waals surface area contributed by atoms with Crippen molar-refractivity contribution >= 4 is 22.8 Å². The fraction of sp³-hybridized carbons (Fsp3) is 0.0769. The Labute approximate surface area is 200 Å². The zero-order chi connectivity index (χ0) is 22.5. The molecule has 0 spiro atoms. The van der Waals surface area contributed by atoms with Crippen LogP contribution in [0.15, 0.2) is 88.3 Å². The monoisotopic (exact) mass is 502 g/mol. The van der Waals surface area contributed by atoms with Gasteiger partial charge in [-0.25, -0.2) is 9.36 Å². The summed E-state index contributed by atoms with van der Waals surface area (Å²) in [4.78, 5) is 24.9. The predicted molar refractivity (Wildman–Crippen MR) is 119 cm³/mol. The third-order valence-electron chi connectivity index (χ3n) is 4.97. The Bertz CT molecular complexity index is 1430. The number of nitriles is 1. The number of hydrogen-bond acceptors (Lipinski definition) is 5. The van der Waals surface area contributed by atoms with E-state index in [4.69, 9.17) is 14.4 Å². The molecule has 4 rings (SSSR count). The van der Waals surface area contributed by atoms with Gasteiger partial charge in [-0.3, -0.25) is 4.79 Å². The Balaban J connectivity index is 0.00000306. The van der Waals surface area contributed by atoms with Gasteiger partial charge in [0.2, 0.25) is 0 Å². The molecule has 0 amide bonds. The maximum atomic E-state index is 12.6. The second-order valence-corrected chi connectivity index (χ2v) is 7.14. The molecule has 0 atom stereocenters. The molecule has 6 nitrogen and oxygen atoms in total. The van der Waals surface area contributed by atoms with Crippen LogP contribution < -0.4 is 31.9 Å². The molecule has 0 unspecified atom stereocenters. The van der Waals surface area contributed by atoms with E-state index in [0.717, 1.165) is 11.1 Å². The van der Waals surface area contributed by atoms with Gasteiger partial charge in [0.25, 0.3) is 0 Å². The van der Waals surface area contributed by atoms with Gasteiger partial charge in [0.15, 0.2) is 36.1 Å². The summed E-state index contributed by atoms with van der Waals surface area (Å²) in [7, 11) is 1.49. The zero-order valence-corrected chi connectivity index (χ0v) is 19.3. The van der Waals surface area contributed by atoms with E-state index in [1.165, 1.54) is 19.3 Å². The number of benzene rings is 2. The summed E-state index contributed by atoms with van der Waals surface area (Å²) in [5, 5.41) is 9.63. The summed E-state index contributed by atoms with van der Waals surface area (Å²) in [5.41, 5.74) is 2.03. The third-order valence-corrected chi connectivity index (χ3v) is 4.97. The van der Waals surface area contributed by atoms with Crippen LogP contribution in [0.25, 0.3) is 17.0 Å². The lowest BCUT2D eigenvalue weighted by molar-refractivity contribution is -0.688. The van der Waals surface area contributed by atoms with Crippen LogP contribution in [0.5, 0.6) is 5.75 Å². The standard InChI is InChI=1S/C26H19N2O4.BrH/c1-31-24-7-3-6-21-15-22(26(30)32-25(21)24)23(29)9-8-18-10-12-28(13-11-18)17-20-5-2-4-19(14-20)16-27;/h2-15H,17H2,1H3;1H/q+1;/p-1/b9-8+;. The molecule has 164 valence electrons. The van der Waals surface area contributed by atoms with E-state index < -0.39 is 11.4 Å². The molecule has 0 fully saturated rings. The minimum absolute atomic E-state index is 0. The summed E-state index contributed by atoms with van der Waals surface area (Å²) in [5.74, 6) is -0.000371. The van der Waals surface area contributed by atoms with Gasteiger partial charge in [0, 0.05) is 23.1 Å². The van der Waals surface area contributed by atoms with Crippen LogP contribution in [0.3, 0.4) is 0 Å². The molecule has 0 radical (unpaired) electrons. The smallest absolute Gasteiger partial charge is 0.347 e. The van der Waals surface area contributed by atoms with Crippen molar-refractivity contribution in [2.24, 2.45) is 0 Å². The Kier molecular flexibility index (Phi) is 7.54. The van der Waals surface area contributed by atoms with Crippen LogP contribution in [0, 0.1) is 11.3 Å². The number of pyridine rings is 1. The summed E-state index contributed by atoms with van der Waals surface area (Å²) in [6.45, 7) is 0.625. The first-order valence-electron chi connectivity index (χ1n) is 9.89. The molecule has 2 heterocycles. The zero-order valence-electron chi connectivity index (χ0n) is 17.7. The van der Waals surface area contributed by atoms with E-state index in [2.05, 4.69) is 6.07 Å². The largest absolute Gasteiger partial charge is 1.00 e. The van der Waals surface area contributed by atoms with Crippen LogP contribution in [-0.4, -0.2) is 12.9 Å². The van der Waals surface area contributed by atoms with Crippen LogP contribution in [0.2, 0.25) is 0 Å². The molecule has 0 aliphatic rings. The number of fused-ring (bicyclic) bond motifs is 1. The molecule has 4 aromatic rings. The van der Waals surface area contributed by atoms with Gasteiger partial charge in [0.05, 0.1) is 18.7 Å². The number of rotatable bonds is 6. The lowest BCUT2D eigenvalue weighted by Crippen LogP contribution is -3.00. The van der Waals surface area contributed by atoms with Crippen LogP contribution >= 0.6 is 0 Å². The Morgan fingerprint density at radius 3 is 2.61 bits per heavy atom. The fourth-order valence-electron chi connectivity index (χ4n) is 3.35. The minimum atomic E-state index is -0.706. The molecule has 0 aliphatic carbocycles. The average Bonchev–Trinajstić information content (AvgIpc) is 2.82. The Morgan fingerprint density at radius 2 is 1.88 bits per heavy atom. The number of ketones is 1. The van der Waals surface area contributed by atoms with E-state index in [0.29, 0.717) is 28.8 Å². The maximum absolute atomic E-state index is 12.6. The number of methoxy groups -OCH3 is 1. The Morgan fingerprint density at radius 1 is 1.12 bits per heavy atom. The second-order valence-electron chi connectivity index (χ2n) is 7.14. The third kappa shape index (κ3) is 5.43. The lowest BCUT2D eigenvalue weighted by Gasteiger charge is -2.04. The van der Waals surface area contributed by atoms with E-state index in [9.17, 15) is 9.59 Å². The highest BCUT2D eigenvalue weighted by Gasteiger charge is 2.13. The number of halogens is 1. The van der Waals surface area contributed by atoms with Crippen molar-refractivity contribution in [1.29, 1.82) is 5.26 Å². The molecular weight excluding hydrogens is 484 g/mol. The van der Waals surface area contributed by atoms with E-state index >= 15 is 0 Å². The first kappa shape index (κ1) is 23.6. The topological polar surface area (TPSA) is 84.2 Å². The van der Waals surface area contributed by atoms with E-state index in [1.807, 2.05) is 47.3 Å². The highest BCUT2D eigenvalue weighted by atomic mass is 79.9. The second kappa shape index (κ2) is 10.5. The highest BCUT2D eigenvalue weighted by molar-refractivity contribution is 6.08. The number of ether oxygens (including phenoxy) is 1. The SMILES string of the molecule is COc1cccc2cc(C(=O)/C=C/c3cc[n+](Cc4cccc(C#N)c4)cc3)c(=O)oc12.[Br-]. The van der Waals surface area contributed by atoms with Crippen LogP contribution in [0.4, 0.5) is 0 Å². The molecular formula is C26H19BrN2O4. The summed E-state index contributed by atoms with van der Waals surface area (Å²) < 4.78 is 12.5. The van der Waals surface area contributed by atoms with Crippen LogP contribution in [-0.2, 0) is 6.54 Å². The molecule has 0 aliphatic heterocycles. The van der Waals surface area contributed by atoms with Gasteiger partial charge in [-0.05, 0) is 35.9 Å². The number of aromatic nitrogens is 1. The van der Waals surface area contributed by atoms with E-state index in [-0.39, 0.29) is 22.5 Å². The predicted octanol–water partition coefficient (Wildman–Crippen LogP) is 0.909. The van der Waals surface area contributed by atoms with Crippen molar-refractivity contribution < 1.29 is 35.5 Å². The van der Waals surface area contributed by atoms with Crippen molar-refractivity contribution in [3.63, 3.8) is 0 Å². The van der Waals surface area contributed by atoms with Crippen molar-refractivity contribution in [3.05, 3.63) is 112 Å². The maximum Gasteiger partial charge on any atom is 0.347 e. The average molecular weight is 503 g/mol. The van der Waals surface area contributed by atoms with Crippen molar-refractivity contribution in [1.82, 2.24) is 0 Å². The molecule has 2 aromatic heterocycles. The van der Waals surface area contributed by atoms with Crippen LogP contribution in [0.1, 0.15) is 27.0 Å². The number of carbonyl (C=O) groups is 1. The first-order valence-corrected chi connectivity index (χ1v) is 9.89. The van der Waals surface area contributed by atoms with Gasteiger partial charge >= 0.3 is 5.63 Å². The number of hydrogen-bond donors (Lipinski definition) is 0. The Hall–Kier alpha value is -4.02. The summed E-state index contributed by atoms with van der Waals surface area (Å²) >= 11 is 0. The molecule has 0 N–H and O–H groups in total. The van der Waals surface area contributed by atoms with Gasteiger partial charge < -0.3 is 26.1 Å². The number of para-hydroxylation sites is 1. The van der Waals surface area contributed by atoms with Crippen molar-refractivity contribution in [2.75, 3.05) is 7.11 Å². The molecule has 33 heavy (non-hydrogen) atoms. The van der Waals surface area contributed by atoms with Gasteiger partial charge in [-0.1, -0.05) is 30.3 Å². The molecule has 7 heteroatoms. The van der Waals surface area contributed by atoms with Crippen molar-refractivity contribution in [3.8, 4) is 11.8 Å². The number of nitrogens with zero attached hydrogens (tertiary/aromatic N) is 2. The summed E-state index contributed by atoms with van der Waals surface area (Å²) in [6.07, 6.45) is 6.78. The van der Waals surface area contributed by atoms with Gasteiger partial charge in [-0.2, -0.15) is 5.26 Å². The number of allylic oxidation sites excluding steroid dienone is 1. The minimum Gasteiger partial charge on any atom is -1.00 e. The quantitative estimate of drug-likeness (QED) is 0.169. The summed E-state index contributed by atoms with van der Waals surface area (Å²) in [6, 6.07) is 20.0. The normalized spacial score (nSPS) is 10.5. The fourth-order valence-corrected chi connectivity index (χ4v) is 3.35. The van der Waals surface area contributed by atoms with Gasteiger partial charge in [-0.15, -0.1) is 0 Å². The van der Waals surface area contributed by atoms with E-state index in [1.54, 1.807) is 30.3 Å².